The number of aryl methyl sites for hydroxylation is 1. The normalized spacial score (nSPS) is 11.8. The van der Waals surface area contributed by atoms with E-state index in [0.717, 1.165) is 29.9 Å². The van der Waals surface area contributed by atoms with Crippen molar-refractivity contribution in [3.63, 3.8) is 0 Å². The molecule has 0 aliphatic rings. The van der Waals surface area contributed by atoms with Crippen molar-refractivity contribution in [2.24, 2.45) is 0 Å². The first-order valence-electron chi connectivity index (χ1n) is 7.03. The molecule has 3 rings (SSSR count). The third kappa shape index (κ3) is 3.26. The Morgan fingerprint density at radius 2 is 2.09 bits per heavy atom. The maximum Gasteiger partial charge on any atom is 0.416 e. The number of halogens is 3. The van der Waals surface area contributed by atoms with Gasteiger partial charge >= 0.3 is 6.18 Å². The Kier molecular flexibility index (Phi) is 4.16. The molecule has 8 heteroatoms. The van der Waals surface area contributed by atoms with Crippen molar-refractivity contribution in [3.8, 4) is 22.0 Å². The van der Waals surface area contributed by atoms with Gasteiger partial charge in [-0.15, -0.1) is 16.4 Å². The van der Waals surface area contributed by atoms with Crippen LogP contribution in [0, 0.1) is 0 Å². The largest absolute Gasteiger partial charge is 0.416 e. The highest BCUT2D eigenvalue weighted by Crippen LogP contribution is 2.36. The number of aromatic amines is 1. The van der Waals surface area contributed by atoms with Crippen molar-refractivity contribution < 1.29 is 13.2 Å². The summed E-state index contributed by atoms with van der Waals surface area (Å²) in [4.78, 5) is 5.49. The molecule has 120 valence electrons. The number of alkyl halides is 3. The highest BCUT2D eigenvalue weighted by Gasteiger charge is 2.30. The second-order valence-electron chi connectivity index (χ2n) is 4.98. The first kappa shape index (κ1) is 15.7. The summed E-state index contributed by atoms with van der Waals surface area (Å²) < 4.78 is 38.6. The van der Waals surface area contributed by atoms with Crippen LogP contribution in [0.1, 0.15) is 23.8 Å². The van der Waals surface area contributed by atoms with Gasteiger partial charge in [0.05, 0.1) is 11.8 Å². The van der Waals surface area contributed by atoms with Gasteiger partial charge in [0.25, 0.3) is 0 Å². The predicted molar refractivity (Wildman–Crippen MR) is 81.9 cm³/mol. The Bertz CT molecular complexity index is 793. The SMILES string of the molecule is CCCc1sc(-c2cccc(C(F)(F)F)c2)nc1-c1c[nH]nn1. The molecule has 3 aromatic rings. The molecule has 0 atom stereocenters. The lowest BCUT2D eigenvalue weighted by Crippen LogP contribution is -2.04. The summed E-state index contributed by atoms with van der Waals surface area (Å²) in [5.41, 5.74) is 1.06. The minimum absolute atomic E-state index is 0.455. The lowest BCUT2D eigenvalue weighted by molar-refractivity contribution is -0.137. The van der Waals surface area contributed by atoms with E-state index in [2.05, 4.69) is 20.4 Å². The van der Waals surface area contributed by atoms with Crippen LogP contribution >= 0.6 is 11.3 Å². The molecule has 0 saturated heterocycles. The highest BCUT2D eigenvalue weighted by atomic mass is 32.1. The highest BCUT2D eigenvalue weighted by molar-refractivity contribution is 7.15. The van der Waals surface area contributed by atoms with Crippen LogP contribution in [0.4, 0.5) is 13.2 Å². The van der Waals surface area contributed by atoms with E-state index in [4.69, 9.17) is 0 Å². The van der Waals surface area contributed by atoms with Crippen LogP contribution in [0.15, 0.2) is 30.5 Å². The van der Waals surface area contributed by atoms with E-state index in [1.807, 2.05) is 6.92 Å². The van der Waals surface area contributed by atoms with E-state index in [0.29, 0.717) is 22.0 Å². The van der Waals surface area contributed by atoms with Gasteiger partial charge in [-0.25, -0.2) is 4.98 Å². The molecule has 0 saturated carbocycles. The first-order chi connectivity index (χ1) is 11.0. The van der Waals surface area contributed by atoms with E-state index in [9.17, 15) is 13.2 Å². The van der Waals surface area contributed by atoms with Crippen LogP contribution in [-0.4, -0.2) is 20.4 Å². The van der Waals surface area contributed by atoms with E-state index in [1.54, 1.807) is 12.3 Å². The molecule has 0 aliphatic heterocycles. The molecule has 0 unspecified atom stereocenters. The van der Waals surface area contributed by atoms with Crippen molar-refractivity contribution in [3.05, 3.63) is 40.9 Å². The van der Waals surface area contributed by atoms with E-state index < -0.39 is 11.7 Å². The molecule has 0 amide bonds. The minimum atomic E-state index is -4.37. The zero-order valence-corrected chi connectivity index (χ0v) is 13.0. The number of nitrogens with one attached hydrogen (secondary N) is 1. The number of nitrogens with zero attached hydrogens (tertiary/aromatic N) is 3. The molecule has 23 heavy (non-hydrogen) atoms. The van der Waals surface area contributed by atoms with Crippen molar-refractivity contribution in [1.82, 2.24) is 20.4 Å². The van der Waals surface area contributed by atoms with E-state index in [1.165, 1.54) is 17.4 Å². The van der Waals surface area contributed by atoms with Gasteiger partial charge in [0, 0.05) is 10.4 Å². The Morgan fingerprint density at radius 3 is 2.74 bits per heavy atom. The van der Waals surface area contributed by atoms with Crippen LogP contribution in [0.3, 0.4) is 0 Å². The van der Waals surface area contributed by atoms with Crippen molar-refractivity contribution >= 4 is 11.3 Å². The maximum absolute atomic E-state index is 12.9. The van der Waals surface area contributed by atoms with E-state index >= 15 is 0 Å². The van der Waals surface area contributed by atoms with Crippen LogP contribution in [0.25, 0.3) is 22.0 Å². The molecular weight excluding hydrogens is 325 g/mol. The Hall–Kier alpha value is -2.22. The van der Waals surface area contributed by atoms with Crippen molar-refractivity contribution in [2.45, 2.75) is 25.9 Å². The van der Waals surface area contributed by atoms with Crippen LogP contribution in [-0.2, 0) is 12.6 Å². The van der Waals surface area contributed by atoms with Crippen LogP contribution in [0.2, 0.25) is 0 Å². The van der Waals surface area contributed by atoms with Gasteiger partial charge in [-0.3, -0.25) is 5.10 Å². The Labute approximate surface area is 134 Å². The lowest BCUT2D eigenvalue weighted by atomic mass is 10.1. The number of thiazole rings is 1. The van der Waals surface area contributed by atoms with E-state index in [-0.39, 0.29) is 0 Å². The van der Waals surface area contributed by atoms with Gasteiger partial charge in [0.15, 0.2) is 0 Å². The molecule has 2 aromatic heterocycles. The summed E-state index contributed by atoms with van der Waals surface area (Å²) in [6.45, 7) is 2.04. The van der Waals surface area contributed by atoms with Gasteiger partial charge in [0.2, 0.25) is 0 Å². The Balaban J connectivity index is 2.06. The van der Waals surface area contributed by atoms with Crippen LogP contribution < -0.4 is 0 Å². The number of hydrogen-bond donors (Lipinski definition) is 1. The summed E-state index contributed by atoms with van der Waals surface area (Å²) >= 11 is 1.39. The maximum atomic E-state index is 12.9. The zero-order chi connectivity index (χ0) is 16.4. The number of rotatable bonds is 4. The topological polar surface area (TPSA) is 54.5 Å². The summed E-state index contributed by atoms with van der Waals surface area (Å²) in [5.74, 6) is 0. The Morgan fingerprint density at radius 1 is 1.26 bits per heavy atom. The van der Waals surface area contributed by atoms with Gasteiger partial charge < -0.3 is 0 Å². The summed E-state index contributed by atoms with van der Waals surface area (Å²) in [6.07, 6.45) is -1.04. The lowest BCUT2D eigenvalue weighted by Gasteiger charge is -2.07. The minimum Gasteiger partial charge on any atom is -0.265 e. The number of hydrogen-bond acceptors (Lipinski definition) is 4. The standard InChI is InChI=1S/C15H13F3N4S/c1-2-4-12-13(11-8-19-22-21-11)20-14(23-12)9-5-3-6-10(7-9)15(16,17)18/h3,5-8H,2,4H2,1H3,(H,19,21,22). The fourth-order valence-corrected chi connectivity index (χ4v) is 3.39. The summed E-state index contributed by atoms with van der Waals surface area (Å²) in [6, 6.07) is 5.22. The molecule has 1 N–H and O–H groups in total. The third-order valence-electron chi connectivity index (χ3n) is 3.27. The van der Waals surface area contributed by atoms with Crippen LogP contribution in [0.5, 0.6) is 0 Å². The van der Waals surface area contributed by atoms with Gasteiger partial charge in [-0.1, -0.05) is 30.7 Å². The molecule has 2 heterocycles. The molecule has 1 aromatic carbocycles. The van der Waals surface area contributed by atoms with Gasteiger partial charge in [-0.2, -0.15) is 13.2 Å². The number of H-pyrrole nitrogens is 1. The molecule has 0 radical (unpaired) electrons. The molecule has 0 fully saturated rings. The van der Waals surface area contributed by atoms with Crippen molar-refractivity contribution in [1.29, 1.82) is 0 Å². The zero-order valence-electron chi connectivity index (χ0n) is 12.2. The average Bonchev–Trinajstić information content (AvgIpc) is 3.16. The monoisotopic (exact) mass is 338 g/mol. The van der Waals surface area contributed by atoms with Gasteiger partial charge in [0.1, 0.15) is 16.4 Å². The summed E-state index contributed by atoms with van der Waals surface area (Å²) in [7, 11) is 0. The first-order valence-corrected chi connectivity index (χ1v) is 7.85. The fourth-order valence-electron chi connectivity index (χ4n) is 2.22. The summed E-state index contributed by atoms with van der Waals surface area (Å²) in [5, 5.41) is 10.8. The fraction of sp³-hybridized carbons (Fsp3) is 0.267. The van der Waals surface area contributed by atoms with Crippen molar-refractivity contribution in [2.75, 3.05) is 0 Å². The molecule has 0 aliphatic carbocycles. The smallest absolute Gasteiger partial charge is 0.265 e. The average molecular weight is 338 g/mol. The second-order valence-corrected chi connectivity index (χ2v) is 6.06. The molecule has 0 bridgehead atoms. The molecular formula is C15H13F3N4S. The molecule has 0 spiro atoms. The second kappa shape index (κ2) is 6.11. The predicted octanol–water partition coefficient (Wildman–Crippen LogP) is 4.57. The quantitative estimate of drug-likeness (QED) is 0.758. The number of benzene rings is 1. The molecule has 4 nitrogen and oxygen atoms in total. The van der Waals surface area contributed by atoms with Gasteiger partial charge in [-0.05, 0) is 18.6 Å². The number of aromatic nitrogens is 4. The third-order valence-corrected chi connectivity index (χ3v) is 4.43.